The lowest BCUT2D eigenvalue weighted by Gasteiger charge is -2.33. The van der Waals surface area contributed by atoms with E-state index in [1.54, 1.807) is 37.3 Å². The van der Waals surface area contributed by atoms with Gasteiger partial charge in [-0.15, -0.1) is 0 Å². The quantitative estimate of drug-likeness (QED) is 0.325. The number of para-hydroxylation sites is 1. The first-order valence-corrected chi connectivity index (χ1v) is 15.6. The summed E-state index contributed by atoms with van der Waals surface area (Å²) < 4.78 is 39.8. The van der Waals surface area contributed by atoms with E-state index in [9.17, 15) is 18.0 Å². The van der Waals surface area contributed by atoms with Crippen LogP contribution in [0, 0.1) is 0 Å². The number of benzene rings is 3. The predicted molar refractivity (Wildman–Crippen MR) is 162 cm³/mol. The summed E-state index contributed by atoms with van der Waals surface area (Å²) in [6.45, 7) is 1.33. The number of nitrogens with one attached hydrogen (secondary N) is 1. The topological polar surface area (TPSA) is 105 Å². The van der Waals surface area contributed by atoms with Crippen molar-refractivity contribution in [2.45, 2.75) is 62.6 Å². The number of ether oxygens (including phenoxy) is 2. The summed E-state index contributed by atoms with van der Waals surface area (Å²) in [6, 6.07) is 21.4. The Hall–Kier alpha value is -4.05. The van der Waals surface area contributed by atoms with Crippen LogP contribution in [0.4, 0.5) is 5.69 Å². The van der Waals surface area contributed by atoms with E-state index in [0.29, 0.717) is 11.4 Å². The molecule has 1 fully saturated rings. The molecule has 0 aliphatic heterocycles. The van der Waals surface area contributed by atoms with Crippen LogP contribution < -0.4 is 19.1 Å². The third-order valence-corrected chi connectivity index (χ3v) is 9.35. The van der Waals surface area contributed by atoms with Gasteiger partial charge in [-0.25, -0.2) is 8.42 Å². The van der Waals surface area contributed by atoms with E-state index in [4.69, 9.17) is 9.47 Å². The Morgan fingerprint density at radius 1 is 0.881 bits per heavy atom. The molecule has 0 radical (unpaired) electrons. The molecule has 2 amide bonds. The van der Waals surface area contributed by atoms with Gasteiger partial charge in [0.15, 0.2) is 11.5 Å². The van der Waals surface area contributed by atoms with Crippen molar-refractivity contribution < 1.29 is 27.5 Å². The van der Waals surface area contributed by atoms with Crippen LogP contribution in [0.3, 0.4) is 0 Å². The molecule has 1 N–H and O–H groups in total. The van der Waals surface area contributed by atoms with Crippen LogP contribution in [0.15, 0.2) is 83.8 Å². The summed E-state index contributed by atoms with van der Waals surface area (Å²) >= 11 is 0. The number of sulfonamides is 1. The van der Waals surface area contributed by atoms with Gasteiger partial charge in [0.25, 0.3) is 10.0 Å². The number of hydrogen-bond acceptors (Lipinski definition) is 6. The van der Waals surface area contributed by atoms with Crippen LogP contribution in [0.5, 0.6) is 11.5 Å². The number of anilines is 1. The van der Waals surface area contributed by atoms with Gasteiger partial charge in [0.2, 0.25) is 11.8 Å². The van der Waals surface area contributed by atoms with Crippen LogP contribution in [-0.2, 0) is 26.2 Å². The fourth-order valence-corrected chi connectivity index (χ4v) is 6.59. The van der Waals surface area contributed by atoms with Gasteiger partial charge in [-0.3, -0.25) is 13.9 Å². The fraction of sp³-hybridized carbons (Fsp3) is 0.375. The molecule has 9 nitrogen and oxygen atoms in total. The van der Waals surface area contributed by atoms with Gasteiger partial charge in [0, 0.05) is 18.7 Å². The first kappa shape index (κ1) is 30.9. The first-order valence-electron chi connectivity index (χ1n) is 14.2. The number of nitrogens with zero attached hydrogens (tertiary/aromatic N) is 2. The van der Waals surface area contributed by atoms with Crippen molar-refractivity contribution >= 4 is 27.5 Å². The molecule has 4 rings (SSSR count). The molecule has 0 aromatic heterocycles. The minimum atomic E-state index is -4.23. The second-order valence-electron chi connectivity index (χ2n) is 10.4. The van der Waals surface area contributed by atoms with Gasteiger partial charge in [-0.05, 0) is 49.6 Å². The normalized spacial score (nSPS) is 14.5. The standard InChI is InChI=1S/C32H39N3O6S/c1-24(32(37)33-26-15-9-5-10-16-26)34(22-25-13-7-4-8-14-25)31(36)23-35(27-17-11-6-12-18-27)42(38,39)28-19-20-29(40-2)30(21-28)41-3/h4,6-8,11-14,17-21,24,26H,5,9-10,15-16,22-23H2,1-3H3,(H,33,37)/t24-/m0/s1. The van der Waals surface area contributed by atoms with Crippen molar-refractivity contribution in [1.82, 2.24) is 10.2 Å². The molecule has 0 spiro atoms. The van der Waals surface area contributed by atoms with Gasteiger partial charge in [0.05, 0.1) is 24.8 Å². The number of amides is 2. The van der Waals surface area contributed by atoms with E-state index < -0.39 is 28.5 Å². The Bertz CT molecular complexity index is 1440. The first-order chi connectivity index (χ1) is 20.2. The van der Waals surface area contributed by atoms with Gasteiger partial charge in [-0.2, -0.15) is 0 Å². The van der Waals surface area contributed by atoms with Gasteiger partial charge < -0.3 is 19.7 Å². The van der Waals surface area contributed by atoms with Crippen LogP contribution in [0.25, 0.3) is 0 Å². The summed E-state index contributed by atoms with van der Waals surface area (Å²) in [5, 5.41) is 3.11. The van der Waals surface area contributed by atoms with Crippen molar-refractivity contribution in [2.75, 3.05) is 25.1 Å². The summed E-state index contributed by atoms with van der Waals surface area (Å²) in [6.07, 6.45) is 5.11. The molecule has 10 heteroatoms. The van der Waals surface area contributed by atoms with Gasteiger partial charge >= 0.3 is 0 Å². The molecule has 1 saturated carbocycles. The van der Waals surface area contributed by atoms with E-state index >= 15 is 0 Å². The zero-order valence-electron chi connectivity index (χ0n) is 24.4. The molecule has 224 valence electrons. The third-order valence-electron chi connectivity index (χ3n) is 7.58. The third kappa shape index (κ3) is 7.42. The average Bonchev–Trinajstić information content (AvgIpc) is 3.02. The number of hydrogen-bond donors (Lipinski definition) is 1. The van der Waals surface area contributed by atoms with Crippen molar-refractivity contribution in [2.24, 2.45) is 0 Å². The van der Waals surface area contributed by atoms with Crippen LogP contribution in [-0.4, -0.2) is 58.0 Å². The Balaban J connectivity index is 1.67. The average molecular weight is 594 g/mol. The molecule has 3 aromatic rings. The summed E-state index contributed by atoms with van der Waals surface area (Å²) in [5.74, 6) is -0.125. The summed E-state index contributed by atoms with van der Waals surface area (Å²) in [5.41, 5.74) is 1.15. The molecule has 42 heavy (non-hydrogen) atoms. The van der Waals surface area contributed by atoms with Crippen LogP contribution >= 0.6 is 0 Å². The maximum atomic E-state index is 14.1. The number of methoxy groups -OCH3 is 2. The molecule has 1 atom stereocenters. The van der Waals surface area contributed by atoms with E-state index in [1.165, 1.54) is 37.3 Å². The molecular weight excluding hydrogens is 554 g/mol. The monoisotopic (exact) mass is 593 g/mol. The minimum absolute atomic E-state index is 0.0606. The van der Waals surface area contributed by atoms with Gasteiger partial charge in [-0.1, -0.05) is 67.8 Å². The van der Waals surface area contributed by atoms with Crippen molar-refractivity contribution in [3.63, 3.8) is 0 Å². The molecule has 0 unspecified atom stereocenters. The molecule has 3 aromatic carbocycles. The zero-order valence-corrected chi connectivity index (χ0v) is 25.2. The molecular formula is C32H39N3O6S. The maximum absolute atomic E-state index is 14.1. The highest BCUT2D eigenvalue weighted by atomic mass is 32.2. The minimum Gasteiger partial charge on any atom is -0.493 e. The smallest absolute Gasteiger partial charge is 0.264 e. The van der Waals surface area contributed by atoms with E-state index in [0.717, 1.165) is 42.0 Å². The fourth-order valence-electron chi connectivity index (χ4n) is 5.16. The van der Waals surface area contributed by atoms with E-state index in [-0.39, 0.29) is 29.1 Å². The second kappa shape index (κ2) is 14.2. The lowest BCUT2D eigenvalue weighted by molar-refractivity contribution is -0.139. The van der Waals surface area contributed by atoms with Crippen molar-refractivity contribution in [3.05, 3.63) is 84.4 Å². The maximum Gasteiger partial charge on any atom is 0.264 e. The Morgan fingerprint density at radius 2 is 1.50 bits per heavy atom. The Kier molecular flexibility index (Phi) is 10.5. The zero-order chi connectivity index (χ0) is 30.1. The Morgan fingerprint density at radius 3 is 2.12 bits per heavy atom. The molecule has 1 aliphatic carbocycles. The van der Waals surface area contributed by atoms with Crippen molar-refractivity contribution in [3.8, 4) is 11.5 Å². The molecule has 0 heterocycles. The van der Waals surface area contributed by atoms with E-state index in [2.05, 4.69) is 5.32 Å². The predicted octanol–water partition coefficient (Wildman–Crippen LogP) is 4.77. The summed E-state index contributed by atoms with van der Waals surface area (Å²) in [7, 11) is -1.34. The highest BCUT2D eigenvalue weighted by Gasteiger charge is 2.33. The lowest BCUT2D eigenvalue weighted by Crippen LogP contribution is -2.53. The SMILES string of the molecule is COc1ccc(S(=O)(=O)N(CC(=O)N(Cc2ccccc2)[C@@H](C)C(=O)NC2CCCCC2)c2ccccc2)cc1OC. The van der Waals surface area contributed by atoms with Crippen LogP contribution in [0.1, 0.15) is 44.6 Å². The number of carbonyl (C=O) groups is 2. The second-order valence-corrected chi connectivity index (χ2v) is 12.3. The number of rotatable bonds is 12. The summed E-state index contributed by atoms with van der Waals surface area (Å²) in [4.78, 5) is 28.8. The Labute approximate surface area is 248 Å². The molecule has 1 aliphatic rings. The van der Waals surface area contributed by atoms with Gasteiger partial charge in [0.1, 0.15) is 12.6 Å². The number of carbonyl (C=O) groups excluding carboxylic acids is 2. The molecule has 0 bridgehead atoms. The van der Waals surface area contributed by atoms with Crippen molar-refractivity contribution in [1.29, 1.82) is 0 Å². The highest BCUT2D eigenvalue weighted by molar-refractivity contribution is 7.92. The highest BCUT2D eigenvalue weighted by Crippen LogP contribution is 2.32. The van der Waals surface area contributed by atoms with E-state index in [1.807, 2.05) is 30.3 Å². The van der Waals surface area contributed by atoms with Crippen LogP contribution in [0.2, 0.25) is 0 Å². The lowest BCUT2D eigenvalue weighted by atomic mass is 9.95. The molecule has 0 saturated heterocycles. The largest absolute Gasteiger partial charge is 0.493 e.